The van der Waals surface area contributed by atoms with Crippen LogP contribution in [0, 0.1) is 6.92 Å². The van der Waals surface area contributed by atoms with E-state index in [1.54, 1.807) is 51.4 Å². The highest BCUT2D eigenvalue weighted by Gasteiger charge is 2.23. The van der Waals surface area contributed by atoms with Crippen LogP contribution in [0.3, 0.4) is 0 Å². The van der Waals surface area contributed by atoms with Gasteiger partial charge in [-0.2, -0.15) is 0 Å². The Hall–Kier alpha value is -2.69. The standard InChI is InChI=1S/C25H30BrN3O5S/c1-18-5-7-21(8-6-18)33-14-13-29(24(30)34-25(2,3)4)12-11-28-35(31,32)23-16-20(26)15-19-17-27-10-9-22(19)23/h5-10,15-17,28H,11-14H2,1-4H3. The summed E-state index contributed by atoms with van der Waals surface area (Å²) in [5, 5.41) is 1.26. The first-order valence-electron chi connectivity index (χ1n) is 11.1. The summed E-state index contributed by atoms with van der Waals surface area (Å²) in [6.45, 7) is 7.91. The zero-order valence-electron chi connectivity index (χ0n) is 20.2. The Morgan fingerprint density at radius 3 is 2.51 bits per heavy atom. The van der Waals surface area contributed by atoms with Gasteiger partial charge in [0, 0.05) is 40.7 Å². The van der Waals surface area contributed by atoms with Crippen molar-refractivity contribution in [2.45, 2.75) is 38.2 Å². The van der Waals surface area contributed by atoms with Crippen LogP contribution >= 0.6 is 15.9 Å². The minimum absolute atomic E-state index is 0.00516. The molecule has 0 fully saturated rings. The molecule has 0 saturated heterocycles. The number of nitrogens with one attached hydrogen (secondary N) is 1. The number of carbonyl (C=O) groups excluding carboxylic acids is 1. The van der Waals surface area contributed by atoms with E-state index in [0.717, 1.165) is 5.56 Å². The van der Waals surface area contributed by atoms with Crippen LogP contribution in [0.25, 0.3) is 10.8 Å². The van der Waals surface area contributed by atoms with E-state index >= 15 is 0 Å². The van der Waals surface area contributed by atoms with E-state index in [2.05, 4.69) is 25.6 Å². The lowest BCUT2D eigenvalue weighted by molar-refractivity contribution is 0.0230. The minimum Gasteiger partial charge on any atom is -0.492 e. The smallest absolute Gasteiger partial charge is 0.410 e. The number of sulfonamides is 1. The van der Waals surface area contributed by atoms with Gasteiger partial charge in [-0.15, -0.1) is 0 Å². The normalized spacial score (nSPS) is 11.9. The average molecular weight is 565 g/mol. The molecule has 1 amide bonds. The summed E-state index contributed by atoms with van der Waals surface area (Å²) in [7, 11) is -3.85. The molecule has 1 N–H and O–H groups in total. The van der Waals surface area contributed by atoms with Crippen molar-refractivity contribution >= 4 is 42.8 Å². The molecule has 0 aliphatic rings. The van der Waals surface area contributed by atoms with Crippen LogP contribution in [-0.4, -0.2) is 56.2 Å². The van der Waals surface area contributed by atoms with Crippen molar-refractivity contribution in [3.63, 3.8) is 0 Å². The third-order valence-electron chi connectivity index (χ3n) is 4.95. The molecule has 0 unspecified atom stereocenters. The number of carbonyl (C=O) groups is 1. The van der Waals surface area contributed by atoms with Gasteiger partial charge in [-0.05, 0) is 58.0 Å². The minimum atomic E-state index is -3.85. The van der Waals surface area contributed by atoms with Crippen molar-refractivity contribution < 1.29 is 22.7 Å². The summed E-state index contributed by atoms with van der Waals surface area (Å²) >= 11 is 3.36. The van der Waals surface area contributed by atoms with E-state index in [1.807, 2.05) is 31.2 Å². The molecule has 0 spiro atoms. The number of halogens is 1. The van der Waals surface area contributed by atoms with Crippen molar-refractivity contribution in [2.75, 3.05) is 26.2 Å². The Morgan fingerprint density at radius 2 is 1.83 bits per heavy atom. The fourth-order valence-corrected chi connectivity index (χ4v) is 5.18. The van der Waals surface area contributed by atoms with Crippen LogP contribution < -0.4 is 9.46 Å². The predicted molar refractivity (Wildman–Crippen MR) is 139 cm³/mol. The average Bonchev–Trinajstić information content (AvgIpc) is 2.77. The van der Waals surface area contributed by atoms with Gasteiger partial charge in [-0.3, -0.25) is 4.98 Å². The van der Waals surface area contributed by atoms with Crippen molar-refractivity contribution in [1.29, 1.82) is 0 Å². The number of aromatic nitrogens is 1. The topological polar surface area (TPSA) is 97.8 Å². The van der Waals surface area contributed by atoms with Crippen LogP contribution in [0.5, 0.6) is 5.75 Å². The summed E-state index contributed by atoms with van der Waals surface area (Å²) in [5.41, 5.74) is 0.435. The lowest BCUT2D eigenvalue weighted by Gasteiger charge is -2.27. The number of nitrogens with zero attached hydrogens (tertiary/aromatic N) is 2. The number of ether oxygens (including phenoxy) is 2. The number of rotatable bonds is 9. The molecule has 3 aromatic rings. The van der Waals surface area contributed by atoms with Crippen LogP contribution in [-0.2, 0) is 14.8 Å². The molecular weight excluding hydrogens is 534 g/mol. The van der Waals surface area contributed by atoms with Crippen molar-refractivity contribution in [1.82, 2.24) is 14.6 Å². The third-order valence-corrected chi connectivity index (χ3v) is 6.90. The second kappa shape index (κ2) is 11.4. The number of hydrogen-bond donors (Lipinski definition) is 1. The summed E-state index contributed by atoms with van der Waals surface area (Å²) in [6.07, 6.45) is 2.62. The molecule has 10 heteroatoms. The number of aryl methyl sites for hydroxylation is 1. The fraction of sp³-hybridized carbons (Fsp3) is 0.360. The highest BCUT2D eigenvalue weighted by Crippen LogP contribution is 2.27. The molecule has 0 bridgehead atoms. The van der Waals surface area contributed by atoms with Gasteiger partial charge in [0.25, 0.3) is 0 Å². The summed E-state index contributed by atoms with van der Waals surface area (Å²) in [6, 6.07) is 12.6. The Labute approximate surface area is 214 Å². The highest BCUT2D eigenvalue weighted by molar-refractivity contribution is 9.10. The molecule has 0 saturated carbocycles. The SMILES string of the molecule is Cc1ccc(OCCN(CCNS(=O)(=O)c2cc(Br)cc3cnccc23)C(=O)OC(C)(C)C)cc1. The molecule has 0 atom stereocenters. The fourth-order valence-electron chi connectivity index (χ4n) is 3.28. The lowest BCUT2D eigenvalue weighted by atomic mass is 10.2. The summed E-state index contributed by atoms with van der Waals surface area (Å²) < 4.78 is 40.7. The molecule has 1 aromatic heterocycles. The van der Waals surface area contributed by atoms with Gasteiger partial charge in [-0.25, -0.2) is 17.9 Å². The number of amides is 1. The van der Waals surface area contributed by atoms with Crippen LogP contribution in [0.4, 0.5) is 4.79 Å². The quantitative estimate of drug-likeness (QED) is 0.397. The maximum atomic E-state index is 13.1. The van der Waals surface area contributed by atoms with E-state index in [0.29, 0.717) is 21.0 Å². The van der Waals surface area contributed by atoms with Gasteiger partial charge >= 0.3 is 6.09 Å². The molecule has 2 aromatic carbocycles. The largest absolute Gasteiger partial charge is 0.492 e. The zero-order chi connectivity index (χ0) is 25.6. The van der Waals surface area contributed by atoms with Crippen molar-refractivity contribution in [3.05, 3.63) is 64.9 Å². The van der Waals surface area contributed by atoms with E-state index in [1.165, 1.54) is 4.90 Å². The maximum Gasteiger partial charge on any atom is 0.410 e. The number of hydrogen-bond acceptors (Lipinski definition) is 6. The van der Waals surface area contributed by atoms with Crippen molar-refractivity contribution in [3.8, 4) is 5.75 Å². The number of fused-ring (bicyclic) bond motifs is 1. The van der Waals surface area contributed by atoms with E-state index in [9.17, 15) is 13.2 Å². The van der Waals surface area contributed by atoms with Gasteiger partial charge in [0.2, 0.25) is 10.0 Å². The Kier molecular flexibility index (Phi) is 8.74. The zero-order valence-corrected chi connectivity index (χ0v) is 22.6. The molecule has 0 radical (unpaired) electrons. The second-order valence-electron chi connectivity index (χ2n) is 9.03. The molecule has 8 nitrogen and oxygen atoms in total. The molecule has 35 heavy (non-hydrogen) atoms. The van der Waals surface area contributed by atoms with Crippen LogP contribution in [0.15, 0.2) is 64.2 Å². The predicted octanol–water partition coefficient (Wildman–Crippen LogP) is 4.90. The number of benzene rings is 2. The molecule has 1 heterocycles. The van der Waals surface area contributed by atoms with E-state index < -0.39 is 21.7 Å². The third kappa shape index (κ3) is 7.91. The summed E-state index contributed by atoms with van der Waals surface area (Å²) in [4.78, 5) is 18.4. The van der Waals surface area contributed by atoms with Gasteiger partial charge in [0.05, 0.1) is 11.4 Å². The monoisotopic (exact) mass is 563 g/mol. The highest BCUT2D eigenvalue weighted by atomic mass is 79.9. The lowest BCUT2D eigenvalue weighted by Crippen LogP contribution is -2.43. The van der Waals surface area contributed by atoms with Crippen LogP contribution in [0.2, 0.25) is 0 Å². The molecular formula is C25H30BrN3O5S. The Bertz CT molecular complexity index is 1270. The van der Waals surface area contributed by atoms with Crippen LogP contribution in [0.1, 0.15) is 26.3 Å². The second-order valence-corrected chi connectivity index (χ2v) is 11.7. The van der Waals surface area contributed by atoms with E-state index in [-0.39, 0.29) is 31.1 Å². The van der Waals surface area contributed by atoms with Gasteiger partial charge in [-0.1, -0.05) is 33.6 Å². The first kappa shape index (κ1) is 26.9. The molecule has 0 aliphatic heterocycles. The van der Waals surface area contributed by atoms with Crippen molar-refractivity contribution in [2.24, 2.45) is 0 Å². The molecule has 3 rings (SSSR count). The summed E-state index contributed by atoms with van der Waals surface area (Å²) in [5.74, 6) is 0.691. The Morgan fingerprint density at radius 1 is 1.11 bits per heavy atom. The van der Waals surface area contributed by atoms with Gasteiger partial charge < -0.3 is 14.4 Å². The molecule has 0 aliphatic carbocycles. The number of pyridine rings is 1. The van der Waals surface area contributed by atoms with Gasteiger partial charge in [0.1, 0.15) is 18.0 Å². The van der Waals surface area contributed by atoms with E-state index in [4.69, 9.17) is 9.47 Å². The molecule has 188 valence electrons. The first-order chi connectivity index (χ1) is 16.4. The maximum absolute atomic E-state index is 13.1. The Balaban J connectivity index is 1.68. The van der Waals surface area contributed by atoms with Gasteiger partial charge in [0.15, 0.2) is 0 Å². The first-order valence-corrected chi connectivity index (χ1v) is 13.4.